The molecule has 6 heteroatoms. The van der Waals surface area contributed by atoms with Crippen LogP contribution in [0.25, 0.3) is 10.7 Å². The minimum absolute atomic E-state index is 0.640. The molecule has 1 N–H and O–H groups in total. The van der Waals surface area contributed by atoms with Crippen LogP contribution in [0.1, 0.15) is 19.8 Å². The summed E-state index contributed by atoms with van der Waals surface area (Å²) in [4.78, 5) is 8.02. The number of hydrogen-bond donors (Lipinski definition) is 1. The predicted molar refractivity (Wildman–Crippen MR) is 80.7 cm³/mol. The van der Waals surface area contributed by atoms with E-state index in [9.17, 15) is 0 Å². The van der Waals surface area contributed by atoms with Crippen LogP contribution < -0.4 is 0 Å². The highest BCUT2D eigenvalue weighted by Gasteiger charge is 2.17. The largest absolute Gasteiger partial charge is 0.284 e. The van der Waals surface area contributed by atoms with Crippen molar-refractivity contribution in [3.05, 3.63) is 22.3 Å². The molecule has 0 unspecified atom stereocenters. The van der Waals surface area contributed by atoms with E-state index in [1.54, 1.807) is 11.3 Å². The van der Waals surface area contributed by atoms with Crippen LogP contribution in [0.2, 0.25) is 0 Å². The normalized spacial score (nSPS) is 20.8. The van der Waals surface area contributed by atoms with Gasteiger partial charge in [0.1, 0.15) is 0 Å². The molecule has 4 nitrogen and oxygen atoms in total. The maximum Gasteiger partial charge on any atom is 0.217 e. The third-order valence-corrected chi connectivity index (χ3v) is 4.70. The van der Waals surface area contributed by atoms with Gasteiger partial charge in [-0.05, 0) is 49.0 Å². The molecule has 0 spiro atoms. The standard InChI is InChI=1S/C13H18N4S2/c1-10-4-2-6-16(8-10)9-17-13(18)14-12(15-17)11-5-3-7-19-11/h3,5,7,10H,2,4,6,8-9H2,1H3,(H,14,15,18)/t10-/m0/s1. The Kier molecular flexibility index (Phi) is 3.81. The van der Waals surface area contributed by atoms with Gasteiger partial charge in [-0.25, -0.2) is 4.68 Å². The third kappa shape index (κ3) is 2.96. The fourth-order valence-electron chi connectivity index (χ4n) is 2.59. The molecule has 1 aliphatic rings. The monoisotopic (exact) mass is 294 g/mol. The van der Waals surface area contributed by atoms with Gasteiger partial charge in [0, 0.05) is 6.54 Å². The number of aromatic nitrogens is 3. The van der Waals surface area contributed by atoms with Gasteiger partial charge in [-0.2, -0.15) is 4.98 Å². The van der Waals surface area contributed by atoms with Gasteiger partial charge in [0.05, 0.1) is 11.5 Å². The topological polar surface area (TPSA) is 36.9 Å². The first kappa shape index (κ1) is 13.0. The summed E-state index contributed by atoms with van der Waals surface area (Å²) in [5.41, 5.74) is 0. The van der Waals surface area contributed by atoms with Crippen LogP contribution in [0.3, 0.4) is 0 Å². The Hall–Kier alpha value is -0.980. The van der Waals surface area contributed by atoms with E-state index in [-0.39, 0.29) is 0 Å². The fraction of sp³-hybridized carbons (Fsp3) is 0.538. The molecule has 3 rings (SSSR count). The van der Waals surface area contributed by atoms with E-state index in [0.29, 0.717) is 4.77 Å². The van der Waals surface area contributed by atoms with Crippen molar-refractivity contribution < 1.29 is 0 Å². The second kappa shape index (κ2) is 5.56. The molecule has 0 aromatic carbocycles. The molecule has 1 atom stereocenters. The zero-order valence-electron chi connectivity index (χ0n) is 11.0. The fourth-order valence-corrected chi connectivity index (χ4v) is 3.45. The van der Waals surface area contributed by atoms with Crippen molar-refractivity contribution in [1.29, 1.82) is 0 Å². The maximum absolute atomic E-state index is 5.34. The van der Waals surface area contributed by atoms with Gasteiger partial charge in [-0.15, -0.1) is 11.3 Å². The average molecular weight is 294 g/mol. The molecule has 19 heavy (non-hydrogen) atoms. The molecular weight excluding hydrogens is 276 g/mol. The first-order valence-electron chi connectivity index (χ1n) is 6.65. The number of thiophene rings is 1. The van der Waals surface area contributed by atoms with E-state index in [1.807, 2.05) is 10.7 Å². The minimum Gasteiger partial charge on any atom is -0.284 e. The number of aromatic amines is 1. The van der Waals surface area contributed by atoms with Crippen LogP contribution in [-0.4, -0.2) is 32.8 Å². The molecule has 1 fully saturated rings. The quantitative estimate of drug-likeness (QED) is 0.882. The third-order valence-electron chi connectivity index (χ3n) is 3.52. The summed E-state index contributed by atoms with van der Waals surface area (Å²) in [5, 5.41) is 5.37. The van der Waals surface area contributed by atoms with Crippen molar-refractivity contribution in [3.8, 4) is 10.7 Å². The molecular formula is C13H18N4S2. The lowest BCUT2D eigenvalue weighted by Gasteiger charge is -2.30. The summed E-state index contributed by atoms with van der Waals surface area (Å²) in [6.45, 7) is 5.44. The Morgan fingerprint density at radius 2 is 2.47 bits per heavy atom. The highest BCUT2D eigenvalue weighted by molar-refractivity contribution is 7.71. The number of hydrogen-bond acceptors (Lipinski definition) is 4. The van der Waals surface area contributed by atoms with Crippen LogP contribution in [0.4, 0.5) is 0 Å². The van der Waals surface area contributed by atoms with Crippen molar-refractivity contribution in [3.63, 3.8) is 0 Å². The second-order valence-electron chi connectivity index (χ2n) is 5.23. The maximum atomic E-state index is 5.34. The average Bonchev–Trinajstić information content (AvgIpc) is 3.00. The lowest BCUT2D eigenvalue weighted by Crippen LogP contribution is -2.36. The van der Waals surface area contributed by atoms with Gasteiger partial charge >= 0.3 is 0 Å². The molecule has 0 bridgehead atoms. The first-order valence-corrected chi connectivity index (χ1v) is 7.94. The number of rotatable bonds is 3. The van der Waals surface area contributed by atoms with Crippen molar-refractivity contribution >= 4 is 23.6 Å². The SMILES string of the molecule is C[C@H]1CCCN(Cn2[nH]c(-c3cccs3)nc2=S)C1. The molecule has 0 amide bonds. The lowest BCUT2D eigenvalue weighted by atomic mass is 10.0. The summed E-state index contributed by atoms with van der Waals surface area (Å²) in [5.74, 6) is 1.66. The van der Waals surface area contributed by atoms with Crippen LogP contribution in [-0.2, 0) is 6.67 Å². The second-order valence-corrected chi connectivity index (χ2v) is 6.54. The molecule has 102 valence electrons. The number of nitrogens with one attached hydrogen (secondary N) is 1. The van der Waals surface area contributed by atoms with Crippen LogP contribution in [0.15, 0.2) is 17.5 Å². The minimum atomic E-state index is 0.640. The Morgan fingerprint density at radius 1 is 1.58 bits per heavy atom. The smallest absolute Gasteiger partial charge is 0.217 e. The predicted octanol–water partition coefficient (Wildman–Crippen LogP) is 3.36. The van der Waals surface area contributed by atoms with Gasteiger partial charge in [0.25, 0.3) is 0 Å². The van der Waals surface area contributed by atoms with Gasteiger partial charge < -0.3 is 0 Å². The molecule has 0 aliphatic carbocycles. The molecule has 3 heterocycles. The van der Waals surface area contributed by atoms with E-state index in [0.717, 1.165) is 36.4 Å². The summed E-state index contributed by atoms with van der Waals surface area (Å²) in [6, 6.07) is 4.09. The number of piperidine rings is 1. The van der Waals surface area contributed by atoms with Gasteiger partial charge in [0.15, 0.2) is 5.82 Å². The van der Waals surface area contributed by atoms with E-state index >= 15 is 0 Å². The molecule has 2 aromatic heterocycles. The Morgan fingerprint density at radius 3 is 3.21 bits per heavy atom. The van der Waals surface area contributed by atoms with E-state index in [1.165, 1.54) is 12.8 Å². The number of H-pyrrole nitrogens is 1. The summed E-state index contributed by atoms with van der Waals surface area (Å²) < 4.78 is 2.62. The molecule has 1 aliphatic heterocycles. The first-order chi connectivity index (χ1) is 9.22. The van der Waals surface area contributed by atoms with E-state index < -0.39 is 0 Å². The molecule has 1 saturated heterocycles. The Bertz CT molecular complexity index is 584. The summed E-state index contributed by atoms with van der Waals surface area (Å²) >= 11 is 7.02. The van der Waals surface area contributed by atoms with Crippen molar-refractivity contribution in [2.24, 2.45) is 5.92 Å². The van der Waals surface area contributed by atoms with E-state index in [2.05, 4.69) is 33.4 Å². The van der Waals surface area contributed by atoms with Crippen molar-refractivity contribution in [2.75, 3.05) is 13.1 Å². The van der Waals surface area contributed by atoms with Crippen LogP contribution in [0.5, 0.6) is 0 Å². The lowest BCUT2D eigenvalue weighted by molar-refractivity contribution is 0.138. The number of likely N-dealkylation sites (tertiary alicyclic amines) is 1. The number of nitrogens with zero attached hydrogens (tertiary/aromatic N) is 3. The highest BCUT2D eigenvalue weighted by atomic mass is 32.1. The zero-order chi connectivity index (χ0) is 13.2. The highest BCUT2D eigenvalue weighted by Crippen LogP contribution is 2.21. The molecule has 2 aromatic rings. The van der Waals surface area contributed by atoms with Gasteiger partial charge in [-0.3, -0.25) is 10.00 Å². The van der Waals surface area contributed by atoms with Crippen LogP contribution in [0, 0.1) is 10.7 Å². The Labute approximate surface area is 122 Å². The van der Waals surface area contributed by atoms with Crippen LogP contribution >= 0.6 is 23.6 Å². The van der Waals surface area contributed by atoms with Gasteiger partial charge in [0.2, 0.25) is 4.77 Å². The van der Waals surface area contributed by atoms with Gasteiger partial charge in [-0.1, -0.05) is 13.0 Å². The summed E-state index contributed by atoms with van der Waals surface area (Å²) in [7, 11) is 0. The summed E-state index contributed by atoms with van der Waals surface area (Å²) in [6.07, 6.45) is 2.62. The zero-order valence-corrected chi connectivity index (χ0v) is 12.6. The van der Waals surface area contributed by atoms with E-state index in [4.69, 9.17) is 12.2 Å². The molecule has 0 saturated carbocycles. The Balaban J connectivity index is 1.76. The van der Waals surface area contributed by atoms with Crippen molar-refractivity contribution in [1.82, 2.24) is 19.7 Å². The van der Waals surface area contributed by atoms with Crippen molar-refractivity contribution in [2.45, 2.75) is 26.4 Å². The molecule has 0 radical (unpaired) electrons.